The van der Waals surface area contributed by atoms with Gasteiger partial charge in [-0.2, -0.15) is 0 Å². The summed E-state index contributed by atoms with van der Waals surface area (Å²) in [4.78, 5) is 0. The van der Waals surface area contributed by atoms with Crippen molar-refractivity contribution in [2.75, 3.05) is 0 Å². The minimum atomic E-state index is -3.05. The van der Waals surface area contributed by atoms with E-state index in [1.54, 1.807) is 3.28 Å². The first-order chi connectivity index (χ1) is 23.9. The van der Waals surface area contributed by atoms with Crippen LogP contribution in [0.5, 0.6) is 0 Å². The third kappa shape index (κ3) is 6.98. The van der Waals surface area contributed by atoms with Gasteiger partial charge in [-0.3, -0.25) is 0 Å². The van der Waals surface area contributed by atoms with E-state index in [1.165, 1.54) is 58.5 Å². The second kappa shape index (κ2) is 14.8. The standard InChI is InChI=1S/C21H12Cl2.C21H25.C5H5.2ClH.Zr/c22-18-10-14-5-1-3-7-20(14)16(12-18)9-17-13-19(23)11-15-6-2-4-8-21(15)17;1-20(2,3)16-9-7-14-11-15-8-10-17(21(4,5)6)13-19(15)18(14)12-16;1-2-4-5-3-1;;;/h1-8,10-13H;7-13H,1-6H3;1-3H,4H2;2*1H;/q;;;;;+2/p-2. The molecular weight excluding hydrogens is 798 g/mol. The summed E-state index contributed by atoms with van der Waals surface area (Å²) in [6.45, 7) is 13.9. The molecule has 0 amide bonds. The van der Waals surface area contributed by atoms with Crippen LogP contribution in [0.15, 0.2) is 131 Å². The molecule has 6 aromatic rings. The molecule has 0 spiro atoms. The van der Waals surface area contributed by atoms with Crippen molar-refractivity contribution in [2.24, 2.45) is 0 Å². The van der Waals surface area contributed by atoms with Crippen LogP contribution in [-0.2, 0) is 32.1 Å². The second-order valence-electron chi connectivity index (χ2n) is 16.0. The number of benzene rings is 6. The van der Waals surface area contributed by atoms with Gasteiger partial charge in [-0.25, -0.2) is 0 Å². The number of rotatable bonds is 4. The molecule has 0 N–H and O–H groups in total. The Kier molecular flexibility index (Phi) is 11.1. The van der Waals surface area contributed by atoms with Gasteiger partial charge in [0.15, 0.2) is 0 Å². The van der Waals surface area contributed by atoms with E-state index in [0.717, 1.165) is 27.2 Å². The Morgan fingerprint density at radius 3 is 1.48 bits per heavy atom. The first-order valence-electron chi connectivity index (χ1n) is 17.7. The summed E-state index contributed by atoms with van der Waals surface area (Å²) in [5.74, 6) is 0. The smallest absolute Gasteiger partial charge is 1.00 e. The van der Waals surface area contributed by atoms with E-state index in [2.05, 4.69) is 169 Å². The Balaban J connectivity index is 0.00000232. The average molecular weight is 840 g/mol. The van der Waals surface area contributed by atoms with Crippen LogP contribution in [0.25, 0.3) is 32.7 Å². The Morgan fingerprint density at radius 2 is 1.06 bits per heavy atom. The Morgan fingerprint density at radius 1 is 0.596 bits per heavy atom. The number of halogens is 4. The molecule has 2 aliphatic carbocycles. The molecule has 0 heterocycles. The van der Waals surface area contributed by atoms with Gasteiger partial charge in [0.2, 0.25) is 0 Å². The molecule has 6 aromatic carbocycles. The Labute approximate surface area is 338 Å². The van der Waals surface area contributed by atoms with Crippen LogP contribution in [0.3, 0.4) is 0 Å². The van der Waals surface area contributed by atoms with Crippen molar-refractivity contribution in [1.82, 2.24) is 0 Å². The van der Waals surface area contributed by atoms with Gasteiger partial charge in [0, 0.05) is 0 Å². The second-order valence-corrected chi connectivity index (χ2v) is 23.1. The summed E-state index contributed by atoms with van der Waals surface area (Å²) >= 11 is 11.1. The molecule has 0 aliphatic heterocycles. The van der Waals surface area contributed by atoms with Crippen LogP contribution in [-0.4, -0.2) is 3.21 Å². The molecule has 52 heavy (non-hydrogen) atoms. The van der Waals surface area contributed by atoms with Crippen LogP contribution in [0.4, 0.5) is 0 Å². The van der Waals surface area contributed by atoms with Crippen molar-refractivity contribution in [2.45, 2.75) is 62.4 Å². The molecule has 0 saturated heterocycles. The first kappa shape index (κ1) is 38.9. The molecule has 0 unspecified atom stereocenters. The third-order valence-corrected chi connectivity index (χ3v) is 19.3. The fourth-order valence-electron chi connectivity index (χ4n) is 8.03. The summed E-state index contributed by atoms with van der Waals surface area (Å²) < 4.78 is 3.34. The molecule has 262 valence electrons. The van der Waals surface area contributed by atoms with Crippen LogP contribution >= 0.6 is 23.2 Å². The predicted octanol–water partition coefficient (Wildman–Crippen LogP) is 7.70. The van der Waals surface area contributed by atoms with Crippen LogP contribution < -0.4 is 24.8 Å². The molecule has 0 aromatic heterocycles. The third-order valence-electron chi connectivity index (χ3n) is 10.6. The van der Waals surface area contributed by atoms with Crippen LogP contribution in [0, 0.1) is 0 Å². The summed E-state index contributed by atoms with van der Waals surface area (Å²) in [6.07, 6.45) is 8.05. The normalized spacial score (nSPS) is 13.6. The topological polar surface area (TPSA) is 0 Å². The van der Waals surface area contributed by atoms with Gasteiger partial charge >= 0.3 is 317 Å². The fraction of sp³-hybridized carbons (Fsp3) is 0.213. The largest absolute Gasteiger partial charge is 1.00 e. The molecular formula is C47H42Cl4Zr. The van der Waals surface area contributed by atoms with Crippen molar-refractivity contribution >= 4 is 48.0 Å². The van der Waals surface area contributed by atoms with Crippen molar-refractivity contribution in [1.29, 1.82) is 0 Å². The molecule has 0 fully saturated rings. The molecule has 0 bridgehead atoms. The Hall–Kier alpha value is -2.77. The zero-order valence-electron chi connectivity index (χ0n) is 30.4. The molecule has 0 saturated carbocycles. The maximum Gasteiger partial charge on any atom is -1.00 e. The predicted molar refractivity (Wildman–Crippen MR) is 214 cm³/mol. The zero-order valence-corrected chi connectivity index (χ0v) is 35.9. The van der Waals surface area contributed by atoms with Gasteiger partial charge in [-0.15, -0.1) is 0 Å². The summed E-state index contributed by atoms with van der Waals surface area (Å²) in [5.41, 5.74) is 11.1. The molecule has 0 atom stereocenters. The van der Waals surface area contributed by atoms with E-state index in [9.17, 15) is 0 Å². The summed E-state index contributed by atoms with van der Waals surface area (Å²) in [7, 11) is 0. The number of hydrogen-bond acceptors (Lipinski definition) is 0. The van der Waals surface area contributed by atoms with Gasteiger partial charge in [0.05, 0.1) is 0 Å². The number of fused-ring (bicyclic) bond motifs is 5. The maximum absolute atomic E-state index is 7.07. The maximum atomic E-state index is 7.07. The minimum Gasteiger partial charge on any atom is -1.00 e. The van der Waals surface area contributed by atoms with Crippen molar-refractivity contribution in [3.8, 4) is 11.1 Å². The minimum absolute atomic E-state index is 0. The van der Waals surface area contributed by atoms with Gasteiger partial charge in [-0.1, -0.05) is 0 Å². The number of hydrogen-bond donors (Lipinski definition) is 0. The molecule has 8 rings (SSSR count). The van der Waals surface area contributed by atoms with Crippen molar-refractivity contribution in [3.05, 3.63) is 174 Å². The SMILES string of the molecule is CC(C)(C)c1ccc2c(c1)-c1cc(C(C)(C)C)ccc1[CH]2[Zr+2]([C]1=CC=CC1)=[C](c1cc(Cl)cc2ccccc12)c1cc(Cl)cc2ccccc12.[Cl-].[Cl-]. The molecule has 0 nitrogen and oxygen atoms in total. The van der Waals surface area contributed by atoms with Crippen molar-refractivity contribution < 1.29 is 46.1 Å². The van der Waals surface area contributed by atoms with Gasteiger partial charge in [-0.05, 0) is 0 Å². The van der Waals surface area contributed by atoms with Crippen LogP contribution in [0.2, 0.25) is 10.0 Å². The fourth-order valence-corrected chi connectivity index (χ4v) is 17.6. The zero-order chi connectivity index (χ0) is 34.9. The molecule has 0 radical (unpaired) electrons. The van der Waals surface area contributed by atoms with E-state index in [4.69, 9.17) is 23.2 Å². The quantitative estimate of drug-likeness (QED) is 0.171. The van der Waals surface area contributed by atoms with E-state index in [-0.39, 0.29) is 39.3 Å². The van der Waals surface area contributed by atoms with Gasteiger partial charge < -0.3 is 24.8 Å². The van der Waals surface area contributed by atoms with Gasteiger partial charge in [0.25, 0.3) is 0 Å². The van der Waals surface area contributed by atoms with E-state index >= 15 is 0 Å². The summed E-state index contributed by atoms with van der Waals surface area (Å²) in [6, 6.07) is 40.9. The van der Waals surface area contributed by atoms with Crippen LogP contribution in [0.1, 0.15) is 85.0 Å². The van der Waals surface area contributed by atoms with Crippen molar-refractivity contribution in [3.63, 3.8) is 0 Å². The molecule has 2 aliphatic rings. The van der Waals surface area contributed by atoms with E-state index in [1.807, 2.05) is 0 Å². The molecule has 5 heteroatoms. The van der Waals surface area contributed by atoms with E-state index in [0.29, 0.717) is 0 Å². The van der Waals surface area contributed by atoms with Gasteiger partial charge in [0.1, 0.15) is 0 Å². The average Bonchev–Trinajstić information content (AvgIpc) is 3.72. The first-order valence-corrected chi connectivity index (χ1v) is 22.3. The monoisotopic (exact) mass is 836 g/mol. The summed E-state index contributed by atoms with van der Waals surface area (Å²) in [5, 5.41) is 6.34. The Bertz CT molecular complexity index is 2300. The number of allylic oxidation sites excluding steroid dienone is 4. The van der Waals surface area contributed by atoms with E-state index < -0.39 is 21.3 Å².